The van der Waals surface area contributed by atoms with Gasteiger partial charge in [-0.15, -0.1) is 0 Å². The van der Waals surface area contributed by atoms with E-state index in [1.54, 1.807) is 18.5 Å². The van der Waals surface area contributed by atoms with Crippen molar-refractivity contribution in [1.29, 1.82) is 5.26 Å². The van der Waals surface area contributed by atoms with E-state index in [2.05, 4.69) is 16.0 Å². The van der Waals surface area contributed by atoms with Crippen LogP contribution in [-0.4, -0.2) is 16.6 Å². The Morgan fingerprint density at radius 2 is 1.91 bits per heavy atom. The van der Waals surface area contributed by atoms with Crippen molar-refractivity contribution in [2.45, 2.75) is 39.0 Å². The Balaban J connectivity index is 1.74. The second kappa shape index (κ2) is 7.23. The number of rotatable bonds is 4. The highest BCUT2D eigenvalue weighted by molar-refractivity contribution is 5.61. The summed E-state index contributed by atoms with van der Waals surface area (Å²) >= 11 is 0. The molecule has 0 unspecified atom stereocenters. The number of ether oxygens (including phenoxy) is 1. The molecule has 0 atom stereocenters. The van der Waals surface area contributed by atoms with E-state index in [1.807, 2.05) is 19.1 Å². The molecule has 3 rings (SSSR count). The summed E-state index contributed by atoms with van der Waals surface area (Å²) in [7, 11) is 0. The third-order valence-electron chi connectivity index (χ3n) is 4.34. The van der Waals surface area contributed by atoms with Gasteiger partial charge in [-0.25, -0.2) is 9.97 Å². The maximum Gasteiger partial charge on any atom is 0.159 e. The number of aryl methyl sites for hydroxylation is 1. The van der Waals surface area contributed by atoms with Gasteiger partial charge in [0.25, 0.3) is 0 Å². The zero-order valence-electron chi connectivity index (χ0n) is 13.5. The van der Waals surface area contributed by atoms with Crippen LogP contribution in [0.3, 0.4) is 0 Å². The van der Waals surface area contributed by atoms with Crippen LogP contribution in [0.15, 0.2) is 30.6 Å². The molecule has 1 aromatic heterocycles. The Bertz CT molecular complexity index is 698. The molecule has 4 heteroatoms. The fourth-order valence-electron chi connectivity index (χ4n) is 2.99. The number of aromatic nitrogens is 2. The van der Waals surface area contributed by atoms with Crippen molar-refractivity contribution in [3.05, 3.63) is 41.7 Å². The molecule has 1 aliphatic carbocycles. The van der Waals surface area contributed by atoms with E-state index in [-0.39, 0.29) is 0 Å². The van der Waals surface area contributed by atoms with E-state index < -0.39 is 0 Å². The van der Waals surface area contributed by atoms with Gasteiger partial charge in [-0.1, -0.05) is 19.3 Å². The first kappa shape index (κ1) is 15.5. The molecular weight excluding hydrogens is 286 g/mol. The fourth-order valence-corrected chi connectivity index (χ4v) is 2.99. The topological polar surface area (TPSA) is 58.8 Å². The zero-order valence-corrected chi connectivity index (χ0v) is 13.5. The molecule has 0 bridgehead atoms. The lowest BCUT2D eigenvalue weighted by Gasteiger charge is -2.22. The molecule has 118 valence electrons. The van der Waals surface area contributed by atoms with Gasteiger partial charge >= 0.3 is 0 Å². The van der Waals surface area contributed by atoms with Crippen molar-refractivity contribution in [2.24, 2.45) is 5.92 Å². The molecule has 0 spiro atoms. The van der Waals surface area contributed by atoms with Crippen molar-refractivity contribution in [3.8, 4) is 23.2 Å². The van der Waals surface area contributed by atoms with E-state index in [4.69, 9.17) is 4.74 Å². The van der Waals surface area contributed by atoms with Crippen molar-refractivity contribution in [3.63, 3.8) is 0 Å². The Morgan fingerprint density at radius 3 is 2.61 bits per heavy atom. The first-order valence-electron chi connectivity index (χ1n) is 8.22. The van der Waals surface area contributed by atoms with Gasteiger partial charge in [-0.05, 0) is 49.4 Å². The van der Waals surface area contributed by atoms with E-state index >= 15 is 0 Å². The van der Waals surface area contributed by atoms with Gasteiger partial charge in [0.1, 0.15) is 11.8 Å². The van der Waals surface area contributed by atoms with E-state index in [0.717, 1.165) is 11.1 Å². The highest BCUT2D eigenvalue weighted by Crippen LogP contribution is 2.27. The smallest absolute Gasteiger partial charge is 0.159 e. The summed E-state index contributed by atoms with van der Waals surface area (Å²) in [4.78, 5) is 8.62. The highest BCUT2D eigenvalue weighted by atomic mass is 16.5. The molecule has 0 aliphatic heterocycles. The molecular formula is C19H21N3O. The van der Waals surface area contributed by atoms with Gasteiger partial charge in [0.2, 0.25) is 0 Å². The van der Waals surface area contributed by atoms with E-state index in [9.17, 15) is 5.26 Å². The molecule has 0 saturated heterocycles. The number of hydrogen-bond acceptors (Lipinski definition) is 4. The molecule has 0 amide bonds. The van der Waals surface area contributed by atoms with Crippen LogP contribution in [0.25, 0.3) is 11.4 Å². The molecule has 2 aromatic rings. The molecule has 0 radical (unpaired) electrons. The van der Waals surface area contributed by atoms with Crippen molar-refractivity contribution >= 4 is 0 Å². The maximum absolute atomic E-state index is 9.40. The largest absolute Gasteiger partial charge is 0.492 e. The summed E-state index contributed by atoms with van der Waals surface area (Å²) < 4.78 is 5.91. The van der Waals surface area contributed by atoms with Gasteiger partial charge in [0, 0.05) is 18.0 Å². The lowest BCUT2D eigenvalue weighted by molar-refractivity contribution is 0.208. The summed E-state index contributed by atoms with van der Waals surface area (Å²) in [5.41, 5.74) is 2.40. The number of nitrogens with zero attached hydrogens (tertiary/aromatic N) is 3. The van der Waals surface area contributed by atoms with Gasteiger partial charge in [0.15, 0.2) is 5.82 Å². The predicted octanol–water partition coefficient (Wildman–Crippen LogP) is 4.28. The summed E-state index contributed by atoms with van der Waals surface area (Å²) in [6.07, 6.45) is 9.95. The Kier molecular flexibility index (Phi) is 4.87. The van der Waals surface area contributed by atoms with Crippen molar-refractivity contribution in [2.75, 3.05) is 6.61 Å². The molecule has 0 N–H and O–H groups in total. The number of nitriles is 1. The van der Waals surface area contributed by atoms with Gasteiger partial charge in [0.05, 0.1) is 12.2 Å². The van der Waals surface area contributed by atoms with Crippen LogP contribution >= 0.6 is 0 Å². The molecule has 1 saturated carbocycles. The SMILES string of the molecule is Cc1cnc(-c2ccc(OCC3CCCCC3)c(C#N)c2)nc1. The normalized spacial score (nSPS) is 15.1. The van der Waals surface area contributed by atoms with Crippen molar-refractivity contribution in [1.82, 2.24) is 9.97 Å². The average Bonchev–Trinajstić information content (AvgIpc) is 2.61. The van der Waals surface area contributed by atoms with Crippen LogP contribution < -0.4 is 4.74 Å². The lowest BCUT2D eigenvalue weighted by Crippen LogP contribution is -2.15. The number of hydrogen-bond donors (Lipinski definition) is 0. The van der Waals surface area contributed by atoms with Gasteiger partial charge < -0.3 is 4.74 Å². The van der Waals surface area contributed by atoms with E-state index in [0.29, 0.717) is 29.7 Å². The highest BCUT2D eigenvalue weighted by Gasteiger charge is 2.15. The van der Waals surface area contributed by atoms with Crippen LogP contribution in [0.1, 0.15) is 43.2 Å². The standard InChI is InChI=1S/C19H21N3O/c1-14-11-21-19(22-12-14)16-7-8-18(17(9-16)10-20)23-13-15-5-3-2-4-6-15/h7-9,11-12,15H,2-6,13H2,1H3. The van der Waals surface area contributed by atoms with Crippen LogP contribution in [-0.2, 0) is 0 Å². The molecule has 1 aliphatic rings. The maximum atomic E-state index is 9.40. The third kappa shape index (κ3) is 3.87. The minimum Gasteiger partial charge on any atom is -0.492 e. The van der Waals surface area contributed by atoms with Crippen LogP contribution in [0.2, 0.25) is 0 Å². The number of benzene rings is 1. The van der Waals surface area contributed by atoms with Gasteiger partial charge in [-0.3, -0.25) is 0 Å². The minimum absolute atomic E-state index is 0.544. The zero-order chi connectivity index (χ0) is 16.1. The molecule has 4 nitrogen and oxygen atoms in total. The Labute approximate surface area is 137 Å². The van der Waals surface area contributed by atoms with Crippen molar-refractivity contribution < 1.29 is 4.74 Å². The summed E-state index contributed by atoms with van der Waals surface area (Å²) in [6, 6.07) is 7.81. The Hall–Kier alpha value is -2.41. The third-order valence-corrected chi connectivity index (χ3v) is 4.34. The molecule has 1 heterocycles. The van der Waals surface area contributed by atoms with Gasteiger partial charge in [-0.2, -0.15) is 5.26 Å². The first-order chi connectivity index (χ1) is 11.3. The molecule has 23 heavy (non-hydrogen) atoms. The van der Waals surface area contributed by atoms with Crippen LogP contribution in [0.4, 0.5) is 0 Å². The summed E-state index contributed by atoms with van der Waals surface area (Å²) in [5, 5.41) is 9.40. The quantitative estimate of drug-likeness (QED) is 0.845. The second-order valence-corrected chi connectivity index (χ2v) is 6.22. The lowest BCUT2D eigenvalue weighted by atomic mass is 9.90. The van der Waals surface area contributed by atoms with Crippen LogP contribution in [0, 0.1) is 24.2 Å². The molecule has 1 fully saturated rings. The molecule has 1 aromatic carbocycles. The predicted molar refractivity (Wildman–Crippen MR) is 89.0 cm³/mol. The fraction of sp³-hybridized carbons (Fsp3) is 0.421. The van der Waals surface area contributed by atoms with E-state index in [1.165, 1.54) is 32.1 Å². The second-order valence-electron chi connectivity index (χ2n) is 6.22. The van der Waals surface area contributed by atoms with Crippen LogP contribution in [0.5, 0.6) is 5.75 Å². The first-order valence-corrected chi connectivity index (χ1v) is 8.22. The Morgan fingerprint density at radius 1 is 1.17 bits per heavy atom. The minimum atomic E-state index is 0.544. The summed E-state index contributed by atoms with van der Waals surface area (Å²) in [5.74, 6) is 1.91. The average molecular weight is 307 g/mol. The summed E-state index contributed by atoms with van der Waals surface area (Å²) in [6.45, 7) is 2.65. The monoisotopic (exact) mass is 307 g/mol.